The van der Waals surface area contributed by atoms with Gasteiger partial charge in [-0.05, 0) is 35.9 Å². The number of hydrogen-bond acceptors (Lipinski definition) is 3. The lowest BCUT2D eigenvalue weighted by molar-refractivity contribution is 0.0734. The first-order valence-corrected chi connectivity index (χ1v) is 8.31. The van der Waals surface area contributed by atoms with Gasteiger partial charge in [0.1, 0.15) is 11.6 Å². The van der Waals surface area contributed by atoms with E-state index in [4.69, 9.17) is 27.9 Å². The van der Waals surface area contributed by atoms with E-state index in [1.54, 1.807) is 29.4 Å². The van der Waals surface area contributed by atoms with Crippen LogP contribution in [0.4, 0.5) is 4.39 Å². The standard InChI is InChI=1S/C19H13Cl2FN2O2/c1-12(10-24-8-7-23-11-24)14-9-13(22)5-6-17(14)26-19(25)18-15(20)3-2-4-16(18)21/h2-9,11H,1,10H2. The Balaban J connectivity index is 1.90. The molecule has 132 valence electrons. The maximum Gasteiger partial charge on any atom is 0.346 e. The van der Waals surface area contributed by atoms with E-state index in [1.807, 2.05) is 0 Å². The lowest BCUT2D eigenvalue weighted by Gasteiger charge is -2.14. The van der Waals surface area contributed by atoms with Gasteiger partial charge in [-0.3, -0.25) is 0 Å². The lowest BCUT2D eigenvalue weighted by atomic mass is 10.1. The number of hydrogen-bond donors (Lipinski definition) is 0. The van der Waals surface area contributed by atoms with Crippen LogP contribution in [0.3, 0.4) is 0 Å². The number of ether oxygens (including phenoxy) is 1. The third-order valence-electron chi connectivity index (χ3n) is 3.62. The second-order valence-electron chi connectivity index (χ2n) is 5.47. The zero-order chi connectivity index (χ0) is 18.7. The van der Waals surface area contributed by atoms with Gasteiger partial charge in [-0.25, -0.2) is 14.2 Å². The van der Waals surface area contributed by atoms with E-state index in [9.17, 15) is 9.18 Å². The fraction of sp³-hybridized carbons (Fsp3) is 0.0526. The molecule has 26 heavy (non-hydrogen) atoms. The van der Waals surface area contributed by atoms with Crippen molar-refractivity contribution in [3.05, 3.63) is 88.7 Å². The van der Waals surface area contributed by atoms with Crippen LogP contribution in [0.25, 0.3) is 5.57 Å². The molecule has 0 aliphatic heterocycles. The Hall–Kier alpha value is -2.63. The van der Waals surface area contributed by atoms with Crippen molar-refractivity contribution < 1.29 is 13.9 Å². The first-order valence-electron chi connectivity index (χ1n) is 7.55. The highest BCUT2D eigenvalue weighted by atomic mass is 35.5. The molecule has 0 bridgehead atoms. The Morgan fingerprint density at radius 3 is 2.62 bits per heavy atom. The molecule has 1 aromatic heterocycles. The summed E-state index contributed by atoms with van der Waals surface area (Å²) in [5.74, 6) is -1.04. The number of carbonyl (C=O) groups is 1. The minimum Gasteiger partial charge on any atom is -0.422 e. The molecule has 0 unspecified atom stereocenters. The molecule has 0 aliphatic rings. The summed E-state index contributed by atoms with van der Waals surface area (Å²) < 4.78 is 20.9. The molecule has 0 radical (unpaired) electrons. The molecule has 4 nitrogen and oxygen atoms in total. The van der Waals surface area contributed by atoms with Crippen LogP contribution in [0, 0.1) is 5.82 Å². The van der Waals surface area contributed by atoms with Crippen molar-refractivity contribution >= 4 is 34.7 Å². The van der Waals surface area contributed by atoms with Crippen molar-refractivity contribution in [2.75, 3.05) is 0 Å². The Kier molecular flexibility index (Phi) is 5.40. The summed E-state index contributed by atoms with van der Waals surface area (Å²) in [4.78, 5) is 16.5. The van der Waals surface area contributed by atoms with Crippen molar-refractivity contribution in [1.29, 1.82) is 0 Å². The first-order chi connectivity index (χ1) is 12.5. The van der Waals surface area contributed by atoms with E-state index >= 15 is 0 Å². The quantitative estimate of drug-likeness (QED) is 0.440. The van der Waals surface area contributed by atoms with E-state index in [0.29, 0.717) is 17.7 Å². The Bertz CT molecular complexity index is 951. The normalized spacial score (nSPS) is 10.6. The molecule has 0 aliphatic carbocycles. The van der Waals surface area contributed by atoms with Crippen LogP contribution in [0.15, 0.2) is 61.7 Å². The van der Waals surface area contributed by atoms with Crippen molar-refractivity contribution in [1.82, 2.24) is 9.55 Å². The monoisotopic (exact) mass is 390 g/mol. The minimum atomic E-state index is -0.733. The molecule has 0 amide bonds. The number of halogens is 3. The molecular formula is C19H13Cl2FN2O2. The van der Waals surface area contributed by atoms with Gasteiger partial charge in [0.05, 0.1) is 21.9 Å². The summed E-state index contributed by atoms with van der Waals surface area (Å²) in [6.45, 7) is 4.32. The summed E-state index contributed by atoms with van der Waals surface area (Å²) in [5, 5.41) is 0.340. The molecule has 3 aromatic rings. The average molecular weight is 391 g/mol. The zero-order valence-electron chi connectivity index (χ0n) is 13.5. The molecule has 0 saturated heterocycles. The van der Waals surface area contributed by atoms with Gasteiger partial charge in [-0.2, -0.15) is 0 Å². The molecule has 0 atom stereocenters. The maximum absolute atomic E-state index is 13.7. The molecule has 1 heterocycles. The number of imidazole rings is 1. The van der Waals surface area contributed by atoms with Crippen molar-refractivity contribution in [3.8, 4) is 5.75 Å². The van der Waals surface area contributed by atoms with E-state index in [1.165, 1.54) is 30.3 Å². The highest BCUT2D eigenvalue weighted by Gasteiger charge is 2.19. The van der Waals surface area contributed by atoms with Crippen molar-refractivity contribution in [3.63, 3.8) is 0 Å². The van der Waals surface area contributed by atoms with Crippen molar-refractivity contribution in [2.45, 2.75) is 6.54 Å². The Morgan fingerprint density at radius 1 is 1.23 bits per heavy atom. The van der Waals surface area contributed by atoms with Crippen LogP contribution in [0.1, 0.15) is 15.9 Å². The second-order valence-corrected chi connectivity index (χ2v) is 6.28. The number of carbonyl (C=O) groups excluding carboxylic acids is 1. The Labute approximate surface area is 159 Å². The number of esters is 1. The smallest absolute Gasteiger partial charge is 0.346 e. The van der Waals surface area contributed by atoms with Gasteiger partial charge in [0.2, 0.25) is 0 Å². The predicted molar refractivity (Wildman–Crippen MR) is 99.1 cm³/mol. The number of aromatic nitrogens is 2. The number of allylic oxidation sites excluding steroid dienone is 1. The van der Waals surface area contributed by atoms with Gasteiger partial charge in [-0.15, -0.1) is 0 Å². The number of nitrogens with zero attached hydrogens (tertiary/aromatic N) is 2. The summed E-state index contributed by atoms with van der Waals surface area (Å²) >= 11 is 12.1. The van der Waals surface area contributed by atoms with Gasteiger partial charge in [0.15, 0.2) is 0 Å². The van der Waals surface area contributed by atoms with Crippen LogP contribution < -0.4 is 4.74 Å². The van der Waals surface area contributed by atoms with E-state index in [0.717, 1.165) is 0 Å². The van der Waals surface area contributed by atoms with Crippen LogP contribution >= 0.6 is 23.2 Å². The molecule has 0 saturated carbocycles. The highest BCUT2D eigenvalue weighted by Crippen LogP contribution is 2.30. The van der Waals surface area contributed by atoms with Crippen LogP contribution in [-0.2, 0) is 6.54 Å². The van der Waals surface area contributed by atoms with Gasteiger partial charge < -0.3 is 9.30 Å². The first kappa shape index (κ1) is 18.2. The second kappa shape index (κ2) is 7.72. The van der Waals surface area contributed by atoms with Gasteiger partial charge in [0, 0.05) is 24.5 Å². The van der Waals surface area contributed by atoms with Gasteiger partial charge >= 0.3 is 5.97 Å². The van der Waals surface area contributed by atoms with E-state index in [2.05, 4.69) is 11.6 Å². The summed E-state index contributed by atoms with van der Waals surface area (Å²) in [7, 11) is 0. The summed E-state index contributed by atoms with van der Waals surface area (Å²) in [6, 6.07) is 8.52. The van der Waals surface area contributed by atoms with Crippen LogP contribution in [-0.4, -0.2) is 15.5 Å². The van der Waals surface area contributed by atoms with Crippen LogP contribution in [0.2, 0.25) is 10.0 Å². The molecule has 0 spiro atoms. The third-order valence-corrected chi connectivity index (χ3v) is 4.25. The SMILES string of the molecule is C=C(Cn1ccnc1)c1cc(F)ccc1OC(=O)c1c(Cl)cccc1Cl. The van der Waals surface area contributed by atoms with E-state index in [-0.39, 0.29) is 21.4 Å². The van der Waals surface area contributed by atoms with Crippen LogP contribution in [0.5, 0.6) is 5.75 Å². The highest BCUT2D eigenvalue weighted by molar-refractivity contribution is 6.39. The van der Waals surface area contributed by atoms with Gasteiger partial charge in [0.25, 0.3) is 0 Å². The molecule has 0 fully saturated rings. The lowest BCUT2D eigenvalue weighted by Crippen LogP contribution is -2.12. The summed E-state index contributed by atoms with van der Waals surface area (Å²) in [6.07, 6.45) is 4.98. The maximum atomic E-state index is 13.7. The molecule has 7 heteroatoms. The largest absolute Gasteiger partial charge is 0.422 e. The Morgan fingerprint density at radius 2 is 1.96 bits per heavy atom. The fourth-order valence-corrected chi connectivity index (χ4v) is 2.95. The minimum absolute atomic E-state index is 0.0475. The third kappa shape index (κ3) is 3.95. The fourth-order valence-electron chi connectivity index (χ4n) is 2.40. The zero-order valence-corrected chi connectivity index (χ0v) is 15.0. The average Bonchev–Trinajstić information content (AvgIpc) is 3.09. The van der Waals surface area contributed by atoms with Gasteiger partial charge in [-0.1, -0.05) is 35.8 Å². The number of rotatable bonds is 5. The summed E-state index contributed by atoms with van der Waals surface area (Å²) in [5.41, 5.74) is 0.970. The molecule has 3 rings (SSSR count). The number of benzene rings is 2. The van der Waals surface area contributed by atoms with E-state index < -0.39 is 11.8 Å². The topological polar surface area (TPSA) is 44.1 Å². The van der Waals surface area contributed by atoms with Crippen molar-refractivity contribution in [2.24, 2.45) is 0 Å². The molecule has 2 aromatic carbocycles. The molecule has 0 N–H and O–H groups in total. The molecular weight excluding hydrogens is 378 g/mol. The predicted octanol–water partition coefficient (Wildman–Crippen LogP) is 5.26.